The second kappa shape index (κ2) is 34.2. The predicted molar refractivity (Wildman–Crippen MR) is 391 cm³/mol. The lowest BCUT2D eigenvalue weighted by molar-refractivity contribution is -0.905. The Morgan fingerprint density at radius 3 is 1.14 bits per heavy atom. The summed E-state index contributed by atoms with van der Waals surface area (Å²) in [4.78, 5) is 30.4. The highest BCUT2D eigenvalue weighted by Gasteiger charge is 2.24. The number of hydrogen-bond acceptors (Lipinski definition) is 10. The highest BCUT2D eigenvalue weighted by atomic mass is 35.5. The Labute approximate surface area is 561 Å². The second-order valence-corrected chi connectivity index (χ2v) is 34.1. The average molecular weight is 1290 g/mol. The van der Waals surface area contributed by atoms with Crippen molar-refractivity contribution in [2.45, 2.75) is 279 Å². The Morgan fingerprint density at radius 2 is 0.833 bits per heavy atom. The lowest BCUT2D eigenvalue weighted by Gasteiger charge is -2.26. The van der Waals surface area contributed by atoms with Crippen molar-refractivity contribution >= 4 is 34.3 Å². The maximum atomic E-state index is 9.30. The number of hydrogen-bond donors (Lipinski definition) is 1. The third-order valence-electron chi connectivity index (χ3n) is 14.3. The normalized spacial score (nSPS) is 11.8. The minimum Gasteiger partial charge on any atom is -0.285 e. The van der Waals surface area contributed by atoms with E-state index in [-0.39, 0.29) is 43.3 Å². The van der Waals surface area contributed by atoms with E-state index in [9.17, 15) is 5.21 Å². The van der Waals surface area contributed by atoms with Gasteiger partial charge in [-0.3, -0.25) is 15.2 Å². The van der Waals surface area contributed by atoms with Gasteiger partial charge in [-0.1, -0.05) is 190 Å². The van der Waals surface area contributed by atoms with E-state index in [1.54, 1.807) is 53.8 Å². The van der Waals surface area contributed by atoms with Crippen molar-refractivity contribution in [2.24, 2.45) is 0 Å². The molecule has 0 radical (unpaired) electrons. The van der Waals surface area contributed by atoms with Crippen LogP contribution in [0.3, 0.4) is 0 Å². The number of aromatic nitrogens is 8. The molecule has 0 amide bonds. The van der Waals surface area contributed by atoms with Crippen molar-refractivity contribution in [2.75, 3.05) is 0 Å². The van der Waals surface area contributed by atoms with E-state index in [0.29, 0.717) is 0 Å². The molecule has 7 heterocycles. The highest BCUT2D eigenvalue weighted by molar-refractivity contribution is 7.10. The van der Waals surface area contributed by atoms with E-state index in [2.05, 4.69) is 262 Å². The number of halogens is 1. The minimum absolute atomic E-state index is 0.0707. The molecule has 8 rings (SSSR count). The molecule has 1 aromatic carbocycles. The van der Waals surface area contributed by atoms with Crippen LogP contribution in [0.15, 0.2) is 103 Å². The number of rotatable bonds is 0. The van der Waals surface area contributed by atoms with Gasteiger partial charge in [-0.15, -0.1) is 22.7 Å². The molecule has 90 heavy (non-hydrogen) atoms. The molecule has 9 nitrogen and oxygen atoms in total. The maximum Gasteiger partial charge on any atom is 0.225 e. The molecule has 8 aromatic rings. The third-order valence-corrected chi connectivity index (χ3v) is 17.3. The topological polar surface area (TPSA) is 114 Å². The van der Waals surface area contributed by atoms with Crippen molar-refractivity contribution in [3.63, 3.8) is 0 Å². The molecule has 12 heteroatoms. The molecule has 496 valence electrons. The summed E-state index contributed by atoms with van der Waals surface area (Å²) >= 11 is 9.38. The van der Waals surface area contributed by atoms with Crippen LogP contribution in [0.2, 0.25) is 5.02 Å². The molecule has 0 saturated carbocycles. The Bertz CT molecular complexity index is 3320. The van der Waals surface area contributed by atoms with Crippen LogP contribution < -0.4 is 4.73 Å². The summed E-state index contributed by atoms with van der Waals surface area (Å²) in [7, 11) is 0. The minimum atomic E-state index is 0.0707. The molecule has 0 atom stereocenters. The van der Waals surface area contributed by atoms with E-state index < -0.39 is 0 Å². The highest BCUT2D eigenvalue weighted by Crippen LogP contribution is 2.35. The number of pyridine rings is 3. The smallest absolute Gasteiger partial charge is 0.225 e. The van der Waals surface area contributed by atoms with Gasteiger partial charge in [-0.25, -0.2) is 24.9 Å². The first kappa shape index (κ1) is 82.3. The van der Waals surface area contributed by atoms with Crippen LogP contribution in [0.5, 0.6) is 0 Å². The fraction of sp³-hybridized carbons (Fsp3) is 0.538. The van der Waals surface area contributed by atoms with Gasteiger partial charge in [0, 0.05) is 96.8 Å². The van der Waals surface area contributed by atoms with Crippen LogP contribution in [0.1, 0.15) is 266 Å². The van der Waals surface area contributed by atoms with Gasteiger partial charge < -0.3 is 0 Å². The predicted octanol–water partition coefficient (Wildman–Crippen LogP) is 22.0. The van der Waals surface area contributed by atoms with Crippen molar-refractivity contribution < 1.29 is 9.94 Å². The van der Waals surface area contributed by atoms with Gasteiger partial charge in [0.1, 0.15) is 12.2 Å². The van der Waals surface area contributed by atoms with E-state index in [1.807, 2.05) is 80.7 Å². The first-order chi connectivity index (χ1) is 40.8. The van der Waals surface area contributed by atoms with Crippen molar-refractivity contribution in [1.29, 1.82) is 0 Å². The van der Waals surface area contributed by atoms with E-state index in [1.165, 1.54) is 76.8 Å². The molecule has 0 aliphatic rings. The van der Waals surface area contributed by atoms with E-state index in [0.717, 1.165) is 32.4 Å². The third kappa shape index (κ3) is 28.0. The summed E-state index contributed by atoms with van der Waals surface area (Å²) < 4.78 is 1.12. The Morgan fingerprint density at radius 1 is 0.378 bits per heavy atom. The molecular weight excluding hydrogens is 1160 g/mol. The fourth-order valence-corrected chi connectivity index (χ4v) is 13.1. The molecule has 0 aliphatic carbocycles. The average Bonchev–Trinajstić information content (AvgIpc) is 1.13. The molecule has 7 aromatic heterocycles. The Hall–Kier alpha value is -5.75. The SMILES string of the molecule is CC(C)(C)c1ncccn1.CC(C)(C)c1nccs1.CC(C)(C)c1sccc1Cl.Cc1c[n+](O)cc(C)c1C(C)(C)C.Cc1cc(C)c(C(C)(C)C)c(C)c1C.Cc1cccnc1C(C)(C)C.Cc1cncc(C)c1C(C)(C)C.Cc1cncnc1C(C)(C)C. The molecule has 0 bridgehead atoms. The van der Waals surface area contributed by atoms with Crippen molar-refractivity contribution in [3.05, 3.63) is 208 Å². The Kier molecular flexibility index (Phi) is 31.3. The number of thiazole rings is 1. The fourth-order valence-electron chi connectivity index (χ4n) is 10.9. The molecule has 0 fully saturated rings. The van der Waals surface area contributed by atoms with Crippen LogP contribution >= 0.6 is 34.3 Å². The summed E-state index contributed by atoms with van der Waals surface area (Å²) in [5, 5.41) is 15.5. The number of thiophene rings is 1. The molecule has 0 aliphatic heterocycles. The number of benzene rings is 1. The van der Waals surface area contributed by atoms with E-state index >= 15 is 0 Å². The maximum absolute atomic E-state index is 9.30. The molecule has 0 spiro atoms. The Balaban J connectivity index is 0.000000516. The largest absolute Gasteiger partial charge is 0.285 e. The quantitative estimate of drug-likeness (QED) is 0.118. The van der Waals surface area contributed by atoms with Crippen LogP contribution in [0, 0.1) is 69.2 Å². The summed E-state index contributed by atoms with van der Waals surface area (Å²) in [6, 6.07) is 10.2. The van der Waals surface area contributed by atoms with Gasteiger partial charge in [-0.2, -0.15) is 0 Å². The summed E-state index contributed by atoms with van der Waals surface area (Å²) in [5.41, 5.74) is 21.1. The standard InChI is InChI=1S/C14H22.C11H18NO.C11H17N.C10H15N.C9H14N2.C8H11ClS.C8H12N2.C7H11NS/c1-9-8-10(2)13(14(5,6)7)12(4)11(9)3;1-8-6-12(13)7-9(2)10(8)11(3,4)5;1-8-6-12-7-9(2)10(8)11(3,4)5;1-8-6-5-7-11-9(8)10(2,3)4;1-7-5-10-6-11-8(7)9(2,3)4;1-8(2,3)7-6(9)4-5-10-7;1-8(2,3)7-9-5-4-6-10-7;1-7(2,3)6-8-4-5-9-6/h8H,1-7H3;6-7,13H,1-5H3;6-7H,1-5H3;5-7H,1-4H3;5-6H,1-4H3;4-5H,1-3H3;4-6H,1-3H3;4-5H,1-3H3/q;+1;;;;;;. The van der Waals surface area contributed by atoms with Crippen LogP contribution in [-0.4, -0.2) is 40.1 Å². The van der Waals surface area contributed by atoms with E-state index in [4.69, 9.17) is 11.6 Å². The zero-order valence-electron chi connectivity index (χ0n) is 62.5. The lowest BCUT2D eigenvalue weighted by atomic mass is 9.79. The van der Waals surface area contributed by atoms with Gasteiger partial charge in [0.2, 0.25) is 12.4 Å². The molecule has 0 saturated heterocycles. The first-order valence-electron chi connectivity index (χ1n) is 31.6. The zero-order valence-corrected chi connectivity index (χ0v) is 64.9. The summed E-state index contributed by atoms with van der Waals surface area (Å²) in [6.45, 7) is 73.8. The van der Waals surface area contributed by atoms with Gasteiger partial charge >= 0.3 is 0 Å². The van der Waals surface area contributed by atoms with Gasteiger partial charge in [0.15, 0.2) is 0 Å². The number of aryl methyl sites for hydroxylation is 8. The molecule has 1 N–H and O–H groups in total. The van der Waals surface area contributed by atoms with Crippen LogP contribution in [-0.2, 0) is 43.3 Å². The number of nitrogens with zero attached hydrogens (tertiary/aromatic N) is 8. The van der Waals surface area contributed by atoms with Gasteiger partial charge in [-0.05, 0) is 176 Å². The monoisotopic (exact) mass is 1280 g/mol. The van der Waals surface area contributed by atoms with Crippen molar-refractivity contribution in [3.8, 4) is 0 Å². The zero-order chi connectivity index (χ0) is 69.9. The van der Waals surface area contributed by atoms with Crippen molar-refractivity contribution in [1.82, 2.24) is 34.9 Å². The van der Waals surface area contributed by atoms with Crippen LogP contribution in [0.25, 0.3) is 0 Å². The lowest BCUT2D eigenvalue weighted by Crippen LogP contribution is -2.32. The molecular formula is C78H120ClN8OS2+. The second-order valence-electron chi connectivity index (χ2n) is 31.9. The van der Waals surface area contributed by atoms with Gasteiger partial charge in [0.25, 0.3) is 0 Å². The van der Waals surface area contributed by atoms with Gasteiger partial charge in [0.05, 0.1) is 15.7 Å². The summed E-state index contributed by atoms with van der Waals surface area (Å²) in [6.07, 6.45) is 18.1. The van der Waals surface area contributed by atoms with Crippen LogP contribution in [0.4, 0.5) is 0 Å². The first-order valence-corrected chi connectivity index (χ1v) is 33.7. The summed E-state index contributed by atoms with van der Waals surface area (Å²) in [5.74, 6) is 0.898. The molecule has 0 unspecified atom stereocenters.